The van der Waals surface area contributed by atoms with E-state index in [2.05, 4.69) is 15.6 Å². The van der Waals surface area contributed by atoms with Gasteiger partial charge in [-0.2, -0.15) is 0 Å². The third-order valence-corrected chi connectivity index (χ3v) is 5.44. The number of ether oxygens (including phenoxy) is 1. The molecule has 0 radical (unpaired) electrons. The average molecular weight is 457 g/mol. The zero-order valence-corrected chi connectivity index (χ0v) is 18.4. The summed E-state index contributed by atoms with van der Waals surface area (Å²) in [5, 5.41) is 18.0. The number of benzene rings is 3. The van der Waals surface area contributed by atoms with E-state index in [4.69, 9.17) is 10.5 Å². The van der Waals surface area contributed by atoms with Crippen LogP contribution >= 0.6 is 0 Å². The van der Waals surface area contributed by atoms with E-state index in [1.54, 1.807) is 79.0 Å². The van der Waals surface area contributed by atoms with Gasteiger partial charge in [0.1, 0.15) is 11.6 Å². The molecule has 4 aromatic rings. The van der Waals surface area contributed by atoms with Crippen molar-refractivity contribution in [3.05, 3.63) is 96.2 Å². The minimum Gasteiger partial charge on any atom is -0.497 e. The van der Waals surface area contributed by atoms with Gasteiger partial charge >= 0.3 is 0 Å². The lowest BCUT2D eigenvalue weighted by atomic mass is 10.00. The summed E-state index contributed by atoms with van der Waals surface area (Å²) in [5.74, 6) is -0.0911. The van der Waals surface area contributed by atoms with Crippen LogP contribution in [0.15, 0.2) is 85.1 Å². The number of amides is 2. The van der Waals surface area contributed by atoms with Crippen LogP contribution in [0.3, 0.4) is 0 Å². The molecule has 0 aliphatic carbocycles. The monoisotopic (exact) mass is 456 g/mol. The van der Waals surface area contributed by atoms with E-state index >= 15 is 0 Å². The van der Waals surface area contributed by atoms with Crippen LogP contribution in [0.1, 0.15) is 22.0 Å². The molecule has 1 aromatic heterocycles. The molecule has 8 heteroatoms. The molecule has 34 heavy (non-hydrogen) atoms. The normalized spacial score (nSPS) is 12.5. The molecule has 1 heterocycles. The molecule has 0 spiro atoms. The standard InChI is InChI=1S/C26H24N4O4/c1-34-20-10-7-17(8-11-20)25(32)30-22(16-5-3-2-4-6-16)23(31)26(33)29-19-9-12-21-18(15-19)13-14-28-24(21)27/h2-15,22-23,31H,1H3,(H2,27,28)(H,29,33)(H,30,32). The number of nitrogens with two attached hydrogens (primary N) is 1. The Balaban J connectivity index is 1.55. The lowest BCUT2D eigenvalue weighted by Gasteiger charge is -2.24. The molecule has 0 aliphatic rings. The number of hydrogen-bond donors (Lipinski definition) is 4. The Morgan fingerprint density at radius 2 is 1.74 bits per heavy atom. The summed E-state index contributed by atoms with van der Waals surface area (Å²) in [6.07, 6.45) is 0.0286. The largest absolute Gasteiger partial charge is 0.497 e. The van der Waals surface area contributed by atoms with Crippen molar-refractivity contribution in [3.63, 3.8) is 0 Å². The van der Waals surface area contributed by atoms with Gasteiger partial charge < -0.3 is 26.2 Å². The Hall–Kier alpha value is -4.43. The van der Waals surface area contributed by atoms with Crippen LogP contribution in [0, 0.1) is 0 Å². The highest BCUT2D eigenvalue weighted by molar-refractivity contribution is 6.00. The summed E-state index contributed by atoms with van der Waals surface area (Å²) in [6, 6.07) is 21.4. The number of methoxy groups -OCH3 is 1. The molecular weight excluding hydrogens is 432 g/mol. The van der Waals surface area contributed by atoms with E-state index in [1.165, 1.54) is 7.11 Å². The summed E-state index contributed by atoms with van der Waals surface area (Å²) < 4.78 is 5.12. The Labute approximate surface area is 196 Å². The lowest BCUT2D eigenvalue weighted by molar-refractivity contribution is -0.125. The first-order valence-corrected chi connectivity index (χ1v) is 10.6. The number of aliphatic hydroxyl groups is 1. The number of aliphatic hydroxyl groups excluding tert-OH is 1. The number of carbonyl (C=O) groups excluding carboxylic acids is 2. The molecular formula is C26H24N4O4. The SMILES string of the molecule is COc1ccc(C(=O)NC(c2ccccc2)C(O)C(=O)Nc2ccc3c(N)nccc3c2)cc1. The first kappa shape index (κ1) is 22.8. The van der Waals surface area contributed by atoms with Gasteiger partial charge in [0.25, 0.3) is 11.8 Å². The molecule has 8 nitrogen and oxygen atoms in total. The Bertz CT molecular complexity index is 1310. The number of rotatable bonds is 7. The summed E-state index contributed by atoms with van der Waals surface area (Å²) in [4.78, 5) is 29.9. The van der Waals surface area contributed by atoms with Crippen molar-refractivity contribution in [1.29, 1.82) is 0 Å². The van der Waals surface area contributed by atoms with Crippen LogP contribution in [0.2, 0.25) is 0 Å². The third kappa shape index (κ3) is 4.97. The van der Waals surface area contributed by atoms with Gasteiger partial charge in [-0.25, -0.2) is 4.98 Å². The van der Waals surface area contributed by atoms with Gasteiger partial charge in [-0.3, -0.25) is 9.59 Å². The number of nitrogens with one attached hydrogen (secondary N) is 2. The van der Waals surface area contributed by atoms with Crippen LogP contribution in [0.5, 0.6) is 5.75 Å². The van der Waals surface area contributed by atoms with E-state index in [1.807, 2.05) is 6.07 Å². The number of nitrogen functional groups attached to an aromatic ring is 1. The van der Waals surface area contributed by atoms with Crippen molar-refractivity contribution in [3.8, 4) is 5.75 Å². The highest BCUT2D eigenvalue weighted by atomic mass is 16.5. The molecule has 0 fully saturated rings. The molecule has 5 N–H and O–H groups in total. The molecule has 0 saturated heterocycles. The fourth-order valence-corrected chi connectivity index (χ4v) is 3.62. The molecule has 0 aliphatic heterocycles. The summed E-state index contributed by atoms with van der Waals surface area (Å²) in [7, 11) is 1.54. The summed E-state index contributed by atoms with van der Waals surface area (Å²) in [6.45, 7) is 0. The zero-order valence-electron chi connectivity index (χ0n) is 18.4. The van der Waals surface area contributed by atoms with Gasteiger partial charge in [0.2, 0.25) is 0 Å². The van der Waals surface area contributed by atoms with Crippen molar-refractivity contribution in [2.24, 2.45) is 0 Å². The van der Waals surface area contributed by atoms with Crippen LogP contribution in [0.25, 0.3) is 10.8 Å². The number of nitrogens with zero attached hydrogens (tertiary/aromatic N) is 1. The van der Waals surface area contributed by atoms with Gasteiger partial charge in [0.15, 0.2) is 6.10 Å². The van der Waals surface area contributed by atoms with E-state index in [0.29, 0.717) is 28.4 Å². The quantitative estimate of drug-likeness (QED) is 0.338. The molecule has 4 rings (SSSR count). The lowest BCUT2D eigenvalue weighted by Crippen LogP contribution is -2.42. The summed E-state index contributed by atoms with van der Waals surface area (Å²) in [5.41, 5.74) is 7.32. The second kappa shape index (κ2) is 10.0. The number of pyridine rings is 1. The number of anilines is 2. The smallest absolute Gasteiger partial charge is 0.255 e. The molecule has 172 valence electrons. The Morgan fingerprint density at radius 3 is 2.44 bits per heavy atom. The Kier molecular flexibility index (Phi) is 6.70. The number of fused-ring (bicyclic) bond motifs is 1. The van der Waals surface area contributed by atoms with Gasteiger partial charge in [-0.1, -0.05) is 30.3 Å². The second-order valence-electron chi connectivity index (χ2n) is 7.66. The molecule has 2 atom stereocenters. The fourth-order valence-electron chi connectivity index (χ4n) is 3.62. The molecule has 2 amide bonds. The number of aromatic nitrogens is 1. The van der Waals surface area contributed by atoms with Crippen LogP contribution < -0.4 is 21.1 Å². The van der Waals surface area contributed by atoms with Crippen LogP contribution in [-0.2, 0) is 4.79 Å². The number of carbonyl (C=O) groups is 2. The minimum absolute atomic E-state index is 0.370. The molecule has 3 aromatic carbocycles. The van der Waals surface area contributed by atoms with E-state index < -0.39 is 24.0 Å². The van der Waals surface area contributed by atoms with E-state index in [9.17, 15) is 14.7 Å². The van der Waals surface area contributed by atoms with Gasteiger partial charge in [-0.15, -0.1) is 0 Å². The van der Waals surface area contributed by atoms with Crippen molar-refractivity contribution in [1.82, 2.24) is 10.3 Å². The first-order chi connectivity index (χ1) is 16.5. The second-order valence-corrected chi connectivity index (χ2v) is 7.66. The maximum atomic E-state index is 13.0. The van der Waals surface area contributed by atoms with Gasteiger partial charge in [0.05, 0.1) is 13.2 Å². The molecule has 0 bridgehead atoms. The average Bonchev–Trinajstić information content (AvgIpc) is 2.87. The van der Waals surface area contributed by atoms with Crippen molar-refractivity contribution in [2.75, 3.05) is 18.2 Å². The maximum Gasteiger partial charge on any atom is 0.255 e. The van der Waals surface area contributed by atoms with Crippen molar-refractivity contribution in [2.45, 2.75) is 12.1 Å². The zero-order chi connectivity index (χ0) is 24.1. The number of hydrogen-bond acceptors (Lipinski definition) is 6. The molecule has 2 unspecified atom stereocenters. The molecule has 0 saturated carbocycles. The topological polar surface area (TPSA) is 127 Å². The fraction of sp³-hybridized carbons (Fsp3) is 0.115. The van der Waals surface area contributed by atoms with Crippen LogP contribution in [0.4, 0.5) is 11.5 Å². The summed E-state index contributed by atoms with van der Waals surface area (Å²) >= 11 is 0. The highest BCUT2D eigenvalue weighted by Gasteiger charge is 2.29. The Morgan fingerprint density at radius 1 is 1.00 bits per heavy atom. The van der Waals surface area contributed by atoms with Crippen LogP contribution in [-0.4, -0.2) is 35.1 Å². The highest BCUT2D eigenvalue weighted by Crippen LogP contribution is 2.24. The van der Waals surface area contributed by atoms with Crippen molar-refractivity contribution >= 4 is 34.1 Å². The predicted molar refractivity (Wildman–Crippen MR) is 130 cm³/mol. The van der Waals surface area contributed by atoms with E-state index in [-0.39, 0.29) is 0 Å². The maximum absolute atomic E-state index is 13.0. The minimum atomic E-state index is -1.55. The van der Waals surface area contributed by atoms with E-state index in [0.717, 1.165) is 10.8 Å². The predicted octanol–water partition coefficient (Wildman–Crippen LogP) is 3.30. The first-order valence-electron chi connectivity index (χ1n) is 10.6. The van der Waals surface area contributed by atoms with Crippen molar-refractivity contribution < 1.29 is 19.4 Å². The third-order valence-electron chi connectivity index (χ3n) is 5.44. The van der Waals surface area contributed by atoms with Gasteiger partial charge in [0, 0.05) is 22.8 Å². The van der Waals surface area contributed by atoms with Gasteiger partial charge in [-0.05, 0) is 59.5 Å².